The number of hydrogen-bond donors (Lipinski definition) is 0. The van der Waals surface area contributed by atoms with Crippen LogP contribution in [0.3, 0.4) is 0 Å². The van der Waals surface area contributed by atoms with Gasteiger partial charge in [-0.15, -0.1) is 0 Å². The van der Waals surface area contributed by atoms with Crippen molar-refractivity contribution < 1.29 is 50.1 Å². The van der Waals surface area contributed by atoms with Crippen LogP contribution in [0.2, 0.25) is 3.72 Å². The zero-order valence-corrected chi connectivity index (χ0v) is 21.8. The molecule has 0 saturated carbocycles. The molecular formula is C29H26O6Ti. The molecule has 0 aliphatic heterocycles. The third-order valence-corrected chi connectivity index (χ3v) is 5.65. The number of carbonyl (C=O) groups excluding carboxylic acids is 3. The molecule has 1 aliphatic rings. The summed E-state index contributed by atoms with van der Waals surface area (Å²) in [5.41, 5.74) is 3.53. The maximum atomic E-state index is 10.1. The summed E-state index contributed by atoms with van der Waals surface area (Å²) in [7, 11) is 0. The number of rotatable bonds is 3. The largest absolute Gasteiger partial charge is 0.545 e. The molecule has 0 aromatic heterocycles. The Kier molecular flexibility index (Phi) is 12.9. The van der Waals surface area contributed by atoms with Crippen LogP contribution >= 0.6 is 0 Å². The maximum Gasteiger partial charge on any atom is 0.0715 e. The van der Waals surface area contributed by atoms with Crippen LogP contribution in [0.4, 0.5) is 0 Å². The predicted molar refractivity (Wildman–Crippen MR) is 128 cm³/mol. The van der Waals surface area contributed by atoms with Gasteiger partial charge in [-0.1, -0.05) is 91.0 Å². The summed E-state index contributed by atoms with van der Waals surface area (Å²) in [5, 5.41) is 30.3. The molecule has 1 aliphatic carbocycles. The minimum Gasteiger partial charge on any atom is -0.545 e. The van der Waals surface area contributed by atoms with Gasteiger partial charge in [-0.05, 0) is 16.7 Å². The quantitative estimate of drug-likeness (QED) is 0.492. The van der Waals surface area contributed by atoms with E-state index in [1.165, 1.54) is 47.5 Å². The van der Waals surface area contributed by atoms with Gasteiger partial charge in [0.25, 0.3) is 0 Å². The molecule has 0 bridgehead atoms. The van der Waals surface area contributed by atoms with Gasteiger partial charge in [-0.3, -0.25) is 0 Å². The molecule has 0 saturated heterocycles. The van der Waals surface area contributed by atoms with Crippen LogP contribution in [0.5, 0.6) is 0 Å². The minimum atomic E-state index is -1.13. The Morgan fingerprint density at radius 1 is 0.611 bits per heavy atom. The van der Waals surface area contributed by atoms with Crippen molar-refractivity contribution in [1.82, 2.24) is 0 Å². The smallest absolute Gasteiger partial charge is 0.0715 e. The van der Waals surface area contributed by atoms with Crippen molar-refractivity contribution in [3.63, 3.8) is 0 Å². The van der Waals surface area contributed by atoms with Gasteiger partial charge in [0.2, 0.25) is 0 Å². The summed E-state index contributed by atoms with van der Waals surface area (Å²) < 4.78 is 0.323. The summed E-state index contributed by atoms with van der Waals surface area (Å²) >= 11 is 2.25. The van der Waals surface area contributed by atoms with E-state index in [-0.39, 0.29) is 16.7 Å². The van der Waals surface area contributed by atoms with E-state index in [4.69, 9.17) is 0 Å². The summed E-state index contributed by atoms with van der Waals surface area (Å²) in [4.78, 5) is 30.3. The molecule has 0 amide bonds. The zero-order chi connectivity index (χ0) is 27.1. The van der Waals surface area contributed by atoms with Gasteiger partial charge in [0, 0.05) is 0 Å². The van der Waals surface area contributed by atoms with E-state index < -0.39 is 17.9 Å². The van der Waals surface area contributed by atoms with Crippen LogP contribution < -0.4 is 15.3 Å². The second kappa shape index (κ2) is 15.3. The summed E-state index contributed by atoms with van der Waals surface area (Å²) in [6, 6.07) is 24.2. The number of carboxylic acids is 3. The Labute approximate surface area is 223 Å². The Balaban J connectivity index is 0.000000240. The van der Waals surface area contributed by atoms with Gasteiger partial charge in [0.1, 0.15) is 0 Å². The number of carbonyl (C=O) groups is 3. The minimum absolute atomic E-state index is 0.220. The fourth-order valence-electron chi connectivity index (χ4n) is 2.82. The Hall–Kier alpha value is -3.74. The van der Waals surface area contributed by atoms with Gasteiger partial charge in [0.15, 0.2) is 0 Å². The van der Waals surface area contributed by atoms with E-state index in [1.54, 1.807) is 54.6 Å². The molecule has 4 rings (SSSR count). The topological polar surface area (TPSA) is 120 Å². The summed E-state index contributed by atoms with van der Waals surface area (Å²) in [6.45, 7) is 6.58. The van der Waals surface area contributed by atoms with Gasteiger partial charge in [-0.2, -0.15) is 0 Å². The molecule has 0 spiro atoms. The molecule has 182 valence electrons. The average Bonchev–Trinajstić information content (AvgIpc) is 3.10. The van der Waals surface area contributed by atoms with Crippen molar-refractivity contribution in [3.05, 3.63) is 131 Å². The first-order valence-electron chi connectivity index (χ1n) is 10.9. The van der Waals surface area contributed by atoms with Crippen molar-refractivity contribution in [2.75, 3.05) is 0 Å². The van der Waals surface area contributed by atoms with Crippen molar-refractivity contribution in [2.45, 2.75) is 24.5 Å². The number of hydrogen-bond acceptors (Lipinski definition) is 6. The van der Waals surface area contributed by atoms with Crippen molar-refractivity contribution in [2.24, 2.45) is 0 Å². The van der Waals surface area contributed by atoms with E-state index >= 15 is 0 Å². The second-order valence-corrected chi connectivity index (χ2v) is 9.50. The van der Waals surface area contributed by atoms with Crippen LogP contribution in [-0.2, 0) is 20.4 Å². The molecule has 3 aromatic carbocycles. The van der Waals surface area contributed by atoms with Crippen molar-refractivity contribution in [1.29, 1.82) is 0 Å². The van der Waals surface area contributed by atoms with Crippen LogP contribution in [0.25, 0.3) is 0 Å². The Morgan fingerprint density at radius 3 is 1.00 bits per heavy atom. The molecule has 0 fully saturated rings. The van der Waals surface area contributed by atoms with Crippen LogP contribution in [0.1, 0.15) is 51.8 Å². The van der Waals surface area contributed by atoms with Gasteiger partial charge < -0.3 is 29.7 Å². The average molecular weight is 518 g/mol. The molecule has 1 unspecified atom stereocenters. The standard InChI is InChI=1S/C8H11.3C7H6O2.Ti/c1-6-4-7(2)8(3)5-6;3*8-7(9)6-4-2-1-3-5-6;/h4-5H,1-3H3;3*1-5H,(H,8,9);/q;;;;+3/p-3. The monoisotopic (exact) mass is 518 g/mol. The Bertz CT molecular complexity index is 1070. The molecule has 6 nitrogen and oxygen atoms in total. The first kappa shape index (κ1) is 30.3. The van der Waals surface area contributed by atoms with Gasteiger partial charge in [-0.25, -0.2) is 0 Å². The molecule has 36 heavy (non-hydrogen) atoms. The molecule has 3 aromatic rings. The zero-order valence-electron chi connectivity index (χ0n) is 20.3. The van der Waals surface area contributed by atoms with E-state index in [2.05, 4.69) is 53.4 Å². The second-order valence-electron chi connectivity index (χ2n) is 7.88. The van der Waals surface area contributed by atoms with E-state index in [9.17, 15) is 29.7 Å². The number of allylic oxidation sites excluding steroid dienone is 4. The summed E-state index contributed by atoms with van der Waals surface area (Å²) in [5.74, 6) is -3.39. The van der Waals surface area contributed by atoms with Crippen molar-refractivity contribution in [3.8, 4) is 0 Å². The predicted octanol–water partition coefficient (Wildman–Crippen LogP) is 2.77. The third kappa shape index (κ3) is 11.6. The normalized spacial score (nSPS) is 15.2. The van der Waals surface area contributed by atoms with Crippen LogP contribution in [0.15, 0.2) is 114 Å². The van der Waals surface area contributed by atoms with Gasteiger partial charge in [0.05, 0.1) is 17.9 Å². The fourth-order valence-corrected chi connectivity index (χ4v) is 3.29. The van der Waals surface area contributed by atoms with Crippen LogP contribution in [0, 0.1) is 0 Å². The number of aromatic carboxylic acids is 3. The van der Waals surface area contributed by atoms with E-state index in [0.29, 0.717) is 3.72 Å². The molecular weight excluding hydrogens is 492 g/mol. The third-order valence-electron chi connectivity index (χ3n) is 4.81. The molecule has 7 heteroatoms. The fraction of sp³-hybridized carbons (Fsp3) is 0.138. The molecule has 1 atom stereocenters. The first-order chi connectivity index (χ1) is 16.9. The molecule has 0 heterocycles. The molecule has 0 N–H and O–H groups in total. The SMILES string of the molecule is CC1=C[C](C)([Ti+3])C(C)=C1.O=C([O-])c1ccccc1.O=C([O-])c1ccccc1.O=C([O-])c1ccccc1. The first-order valence-corrected chi connectivity index (χ1v) is 11.6. The van der Waals surface area contributed by atoms with Crippen molar-refractivity contribution >= 4 is 17.9 Å². The summed E-state index contributed by atoms with van der Waals surface area (Å²) in [6.07, 6.45) is 4.56. The van der Waals surface area contributed by atoms with E-state index in [1.807, 2.05) is 0 Å². The molecule has 0 radical (unpaired) electrons. The van der Waals surface area contributed by atoms with E-state index in [0.717, 1.165) is 0 Å². The van der Waals surface area contributed by atoms with Gasteiger partial charge >= 0.3 is 68.2 Å². The number of carboxylic acid groups (broad SMARTS) is 3. The van der Waals surface area contributed by atoms with Crippen LogP contribution in [-0.4, -0.2) is 17.9 Å². The Morgan fingerprint density at radius 2 is 0.889 bits per heavy atom. The maximum absolute atomic E-state index is 10.1. The number of benzene rings is 3.